The van der Waals surface area contributed by atoms with Crippen molar-refractivity contribution in [3.8, 4) is 11.3 Å². The van der Waals surface area contributed by atoms with Crippen molar-refractivity contribution >= 4 is 46.3 Å². The van der Waals surface area contributed by atoms with E-state index in [1.54, 1.807) is 32.0 Å². The summed E-state index contributed by atoms with van der Waals surface area (Å²) >= 11 is 6.54. The summed E-state index contributed by atoms with van der Waals surface area (Å²) in [4.78, 5) is 51.4. The number of imidazole rings is 1. The fraction of sp³-hybridized carbons (Fsp3) is 0.462. The van der Waals surface area contributed by atoms with Gasteiger partial charge in [-0.05, 0) is 71.6 Å². The highest BCUT2D eigenvalue weighted by Crippen LogP contribution is 2.32. The highest BCUT2D eigenvalue weighted by molar-refractivity contribution is 6.34. The summed E-state index contributed by atoms with van der Waals surface area (Å²) in [7, 11) is 8.84. The predicted molar refractivity (Wildman–Crippen MR) is 208 cm³/mol. The number of allylic oxidation sites excluding steroid dienone is 2. The SMILES string of the molecule is CCC(CCN(C)C)C(=O)N1CCN(C(=O)c2ccc(NC(=O)c3ncc(-c4ccc(/C(C(C)=N)=C(\C)N(C)CCOC)c(F)c4F)n3C)cc2Cl)CC1. The first-order chi connectivity index (χ1) is 25.6. The molecule has 1 aromatic heterocycles. The van der Waals surface area contributed by atoms with Crippen LogP contribution in [0, 0.1) is 23.0 Å². The zero-order valence-electron chi connectivity index (χ0n) is 32.4. The van der Waals surface area contributed by atoms with E-state index in [1.807, 2.05) is 30.8 Å². The first-order valence-corrected chi connectivity index (χ1v) is 18.3. The fourth-order valence-electron chi connectivity index (χ4n) is 6.49. The monoisotopic (exact) mass is 768 g/mol. The summed E-state index contributed by atoms with van der Waals surface area (Å²) in [6.07, 6.45) is 2.83. The Bertz CT molecular complexity index is 1900. The number of halogens is 3. The molecule has 1 aliphatic rings. The van der Waals surface area contributed by atoms with Crippen molar-refractivity contribution in [3.05, 3.63) is 75.8 Å². The minimum Gasteiger partial charge on any atom is -0.383 e. The highest BCUT2D eigenvalue weighted by atomic mass is 35.5. The molecule has 1 atom stereocenters. The van der Waals surface area contributed by atoms with Crippen LogP contribution in [0.15, 0.2) is 42.2 Å². The maximum atomic E-state index is 15.7. The third kappa shape index (κ3) is 9.52. The maximum Gasteiger partial charge on any atom is 0.291 e. The molecule has 0 aliphatic carbocycles. The molecule has 54 heavy (non-hydrogen) atoms. The van der Waals surface area contributed by atoms with Gasteiger partial charge in [-0.2, -0.15) is 0 Å². The van der Waals surface area contributed by atoms with Crippen molar-refractivity contribution < 1.29 is 27.9 Å². The Labute approximate surface area is 321 Å². The Kier molecular flexibility index (Phi) is 14.5. The lowest BCUT2D eigenvalue weighted by atomic mass is 9.96. The molecule has 1 fully saturated rings. The number of anilines is 1. The molecular formula is C39H51ClF2N8O4. The molecule has 4 rings (SSSR count). The summed E-state index contributed by atoms with van der Waals surface area (Å²) in [6, 6.07) is 7.37. The van der Waals surface area contributed by atoms with Crippen molar-refractivity contribution in [2.75, 3.05) is 79.4 Å². The van der Waals surface area contributed by atoms with E-state index in [1.165, 1.54) is 49.0 Å². The topological polar surface area (TPSA) is 127 Å². The number of nitrogens with zero attached hydrogens (tertiary/aromatic N) is 6. The number of carbonyl (C=O) groups is 3. The average molecular weight is 769 g/mol. The lowest BCUT2D eigenvalue weighted by Gasteiger charge is -2.36. The number of piperazine rings is 1. The van der Waals surface area contributed by atoms with Gasteiger partial charge in [-0.1, -0.05) is 24.6 Å². The minimum absolute atomic E-state index is 0.0533. The Hall–Kier alpha value is -4.66. The number of benzene rings is 2. The Morgan fingerprint density at radius 3 is 2.24 bits per heavy atom. The third-order valence-electron chi connectivity index (χ3n) is 9.86. The van der Waals surface area contributed by atoms with Gasteiger partial charge >= 0.3 is 0 Å². The molecule has 0 bridgehead atoms. The number of amides is 3. The van der Waals surface area contributed by atoms with Crippen LogP contribution in [0.5, 0.6) is 0 Å². The maximum absolute atomic E-state index is 15.7. The van der Waals surface area contributed by atoms with Gasteiger partial charge in [0.25, 0.3) is 11.8 Å². The third-order valence-corrected chi connectivity index (χ3v) is 10.2. The first-order valence-electron chi connectivity index (χ1n) is 17.9. The molecule has 3 aromatic rings. The number of ether oxygens (including phenoxy) is 1. The minimum atomic E-state index is -1.14. The zero-order chi connectivity index (χ0) is 39.9. The number of hydrogen-bond donors (Lipinski definition) is 2. The second-order valence-corrected chi connectivity index (χ2v) is 14.2. The normalized spacial score (nSPS) is 14.2. The molecule has 0 spiro atoms. The number of likely N-dealkylation sites (N-methyl/N-ethyl adjacent to an activating group) is 1. The van der Waals surface area contributed by atoms with Gasteiger partial charge in [0, 0.05) is 93.6 Å². The van der Waals surface area contributed by atoms with Gasteiger partial charge in [-0.3, -0.25) is 14.4 Å². The van der Waals surface area contributed by atoms with Crippen LogP contribution >= 0.6 is 11.6 Å². The molecule has 1 saturated heterocycles. The molecule has 2 aromatic carbocycles. The Balaban J connectivity index is 1.45. The molecule has 0 saturated carbocycles. The summed E-state index contributed by atoms with van der Waals surface area (Å²) in [6.45, 7) is 8.65. The van der Waals surface area contributed by atoms with E-state index in [9.17, 15) is 14.4 Å². The Morgan fingerprint density at radius 2 is 1.65 bits per heavy atom. The number of hydrogen-bond acceptors (Lipinski definition) is 8. The highest BCUT2D eigenvalue weighted by Gasteiger charge is 2.30. The lowest BCUT2D eigenvalue weighted by molar-refractivity contribution is -0.137. The second kappa shape index (κ2) is 18.6. The van der Waals surface area contributed by atoms with Gasteiger partial charge in [-0.15, -0.1) is 0 Å². The van der Waals surface area contributed by atoms with E-state index in [4.69, 9.17) is 21.7 Å². The van der Waals surface area contributed by atoms with E-state index in [2.05, 4.69) is 15.2 Å². The van der Waals surface area contributed by atoms with E-state index in [0.29, 0.717) is 50.7 Å². The quantitative estimate of drug-likeness (QED) is 0.185. The fourth-order valence-corrected chi connectivity index (χ4v) is 6.76. The van der Waals surface area contributed by atoms with E-state index >= 15 is 8.78 Å². The molecular weight excluding hydrogens is 718 g/mol. The molecule has 3 amide bonds. The lowest BCUT2D eigenvalue weighted by Crippen LogP contribution is -2.52. The van der Waals surface area contributed by atoms with Crippen molar-refractivity contribution in [1.82, 2.24) is 29.2 Å². The number of aromatic nitrogens is 2. The summed E-state index contributed by atoms with van der Waals surface area (Å²) < 4.78 is 37.9. The van der Waals surface area contributed by atoms with Crippen LogP contribution in [0.3, 0.4) is 0 Å². The standard InChI is InChI=1S/C39H51ClF2N8O4/c1-9-26(14-15-46(4)5)38(52)49-16-18-50(19-17-49)39(53)28-11-10-27(22-31(28)40)45-37(51)36-44-23-32(48(36)7)29-12-13-30(35(42)34(29)41)33(24(2)43)25(3)47(6)20-21-54-8/h10-13,22-23,26,43H,9,14-21H2,1-8H3,(H,45,51)/b33-25+,43-24?. The largest absolute Gasteiger partial charge is 0.383 e. The van der Waals surface area contributed by atoms with E-state index < -0.39 is 17.5 Å². The Morgan fingerprint density at radius 1 is 1.00 bits per heavy atom. The van der Waals surface area contributed by atoms with Gasteiger partial charge in [-0.25, -0.2) is 13.8 Å². The molecule has 12 nitrogen and oxygen atoms in total. The number of carbonyl (C=O) groups excluding carboxylic acids is 3. The van der Waals surface area contributed by atoms with Crippen LogP contribution in [-0.2, 0) is 16.6 Å². The smallest absolute Gasteiger partial charge is 0.291 e. The summed E-state index contributed by atoms with van der Waals surface area (Å²) in [5.41, 5.74) is 1.49. The van der Waals surface area contributed by atoms with Crippen molar-refractivity contribution in [2.45, 2.75) is 33.6 Å². The van der Waals surface area contributed by atoms with E-state index in [-0.39, 0.29) is 62.2 Å². The van der Waals surface area contributed by atoms with Gasteiger partial charge in [0.05, 0.1) is 29.1 Å². The molecule has 292 valence electrons. The van der Waals surface area contributed by atoms with Gasteiger partial charge < -0.3 is 39.6 Å². The number of nitrogens with one attached hydrogen (secondary N) is 2. The number of methoxy groups -OCH3 is 1. The molecule has 0 radical (unpaired) electrons. The summed E-state index contributed by atoms with van der Waals surface area (Å²) in [5, 5.41) is 11.1. The van der Waals surface area contributed by atoms with Crippen LogP contribution < -0.4 is 5.32 Å². The summed E-state index contributed by atoms with van der Waals surface area (Å²) in [5.74, 6) is -3.18. The van der Waals surface area contributed by atoms with Gasteiger partial charge in [0.1, 0.15) is 0 Å². The van der Waals surface area contributed by atoms with Gasteiger partial charge in [0.15, 0.2) is 17.5 Å². The van der Waals surface area contributed by atoms with E-state index in [0.717, 1.165) is 19.4 Å². The van der Waals surface area contributed by atoms with Crippen molar-refractivity contribution in [2.24, 2.45) is 13.0 Å². The molecule has 2 N–H and O–H groups in total. The molecule has 1 unspecified atom stereocenters. The van der Waals surface area contributed by atoms with Crippen molar-refractivity contribution in [3.63, 3.8) is 0 Å². The predicted octanol–water partition coefficient (Wildman–Crippen LogP) is 5.88. The van der Waals surface area contributed by atoms with Gasteiger partial charge in [0.2, 0.25) is 5.91 Å². The molecule has 2 heterocycles. The molecule has 15 heteroatoms. The number of rotatable bonds is 15. The average Bonchev–Trinajstić information content (AvgIpc) is 3.52. The molecule has 1 aliphatic heterocycles. The first kappa shape index (κ1) is 42.1. The van der Waals surface area contributed by atoms with Crippen molar-refractivity contribution in [1.29, 1.82) is 5.41 Å². The van der Waals surface area contributed by atoms with Crippen LogP contribution in [0.1, 0.15) is 60.2 Å². The van der Waals surface area contributed by atoms with Crippen LogP contribution in [0.25, 0.3) is 16.8 Å². The second-order valence-electron chi connectivity index (χ2n) is 13.8. The van der Waals surface area contributed by atoms with Crippen LogP contribution in [0.4, 0.5) is 14.5 Å². The zero-order valence-corrected chi connectivity index (χ0v) is 33.1. The van der Waals surface area contributed by atoms with Crippen LogP contribution in [-0.4, -0.2) is 127 Å². The van der Waals surface area contributed by atoms with Crippen LogP contribution in [0.2, 0.25) is 5.02 Å².